The number of hydrogen-bond acceptors (Lipinski definition) is 4. The van der Waals surface area contributed by atoms with Crippen LogP contribution in [0.3, 0.4) is 0 Å². The maximum Gasteiger partial charge on any atom is 0.416 e. The van der Waals surface area contributed by atoms with Crippen molar-refractivity contribution in [2.75, 3.05) is 7.05 Å². The maximum absolute atomic E-state index is 12.8. The molecule has 1 amide bonds. The number of alkyl halides is 3. The number of thiazole rings is 1. The number of hydrogen-bond donors (Lipinski definition) is 0. The zero-order valence-corrected chi connectivity index (χ0v) is 15.8. The van der Waals surface area contributed by atoms with Crippen LogP contribution in [0.4, 0.5) is 13.2 Å². The zero-order valence-electron chi connectivity index (χ0n) is 13.4. The van der Waals surface area contributed by atoms with Gasteiger partial charge in [-0.25, -0.2) is 4.98 Å². The molecule has 3 aromatic rings. The number of amides is 1. The Kier molecular flexibility index (Phi) is 5.36. The van der Waals surface area contributed by atoms with Crippen molar-refractivity contribution in [1.82, 2.24) is 9.88 Å². The highest BCUT2D eigenvalue weighted by molar-refractivity contribution is 7.16. The van der Waals surface area contributed by atoms with Crippen LogP contribution >= 0.6 is 34.3 Å². The van der Waals surface area contributed by atoms with Gasteiger partial charge >= 0.3 is 6.18 Å². The van der Waals surface area contributed by atoms with E-state index in [1.807, 2.05) is 6.07 Å². The first-order valence-electron chi connectivity index (χ1n) is 7.37. The summed E-state index contributed by atoms with van der Waals surface area (Å²) in [6.07, 6.45) is -4.42. The summed E-state index contributed by atoms with van der Waals surface area (Å²) in [6, 6.07) is 8.50. The Morgan fingerprint density at radius 2 is 2.04 bits per heavy atom. The van der Waals surface area contributed by atoms with Gasteiger partial charge < -0.3 is 4.90 Å². The van der Waals surface area contributed by atoms with Gasteiger partial charge in [0.2, 0.25) is 0 Å². The first-order valence-corrected chi connectivity index (χ1v) is 9.44. The fourth-order valence-electron chi connectivity index (χ4n) is 2.27. The van der Waals surface area contributed by atoms with Crippen molar-refractivity contribution in [3.8, 4) is 10.6 Å². The van der Waals surface area contributed by atoms with E-state index < -0.39 is 11.7 Å². The van der Waals surface area contributed by atoms with Crippen LogP contribution in [-0.2, 0) is 12.7 Å². The molecule has 0 saturated carbocycles. The van der Waals surface area contributed by atoms with Gasteiger partial charge in [0.15, 0.2) is 0 Å². The van der Waals surface area contributed by atoms with Crippen molar-refractivity contribution in [2.24, 2.45) is 0 Å². The van der Waals surface area contributed by atoms with Crippen molar-refractivity contribution in [3.05, 3.63) is 62.2 Å². The highest BCUT2D eigenvalue weighted by Crippen LogP contribution is 2.33. The largest absolute Gasteiger partial charge is 0.416 e. The van der Waals surface area contributed by atoms with E-state index in [2.05, 4.69) is 4.98 Å². The summed E-state index contributed by atoms with van der Waals surface area (Å²) in [7, 11) is 1.64. The molecule has 0 spiro atoms. The summed E-state index contributed by atoms with van der Waals surface area (Å²) in [5.74, 6) is -0.302. The molecule has 1 aromatic carbocycles. The molecule has 2 aromatic heterocycles. The normalized spacial score (nSPS) is 11.6. The van der Waals surface area contributed by atoms with E-state index in [9.17, 15) is 18.0 Å². The van der Waals surface area contributed by atoms with Crippen LogP contribution in [0.15, 0.2) is 41.8 Å². The maximum atomic E-state index is 12.8. The molecule has 0 radical (unpaired) electrons. The van der Waals surface area contributed by atoms with Crippen LogP contribution in [0, 0.1) is 0 Å². The Bertz CT molecular complexity index is 936. The summed E-state index contributed by atoms with van der Waals surface area (Å²) in [6.45, 7) is 0.382. The van der Waals surface area contributed by atoms with E-state index in [1.165, 1.54) is 22.3 Å². The molecular formula is C17H12ClF3N2OS2. The number of carbonyl (C=O) groups is 1. The Hall–Kier alpha value is -1.90. The third-order valence-corrected chi connectivity index (χ3v) is 5.64. The number of thiophene rings is 1. The lowest BCUT2D eigenvalue weighted by Crippen LogP contribution is -2.26. The molecule has 3 nitrogen and oxygen atoms in total. The smallest absolute Gasteiger partial charge is 0.335 e. The van der Waals surface area contributed by atoms with E-state index in [1.54, 1.807) is 24.6 Å². The van der Waals surface area contributed by atoms with Crippen LogP contribution in [0.5, 0.6) is 0 Å². The molecule has 2 heterocycles. The summed E-state index contributed by atoms with van der Waals surface area (Å²) < 4.78 is 39.2. The molecule has 0 saturated heterocycles. The van der Waals surface area contributed by atoms with Crippen molar-refractivity contribution < 1.29 is 18.0 Å². The summed E-state index contributed by atoms with van der Waals surface area (Å²) in [5.41, 5.74) is -0.214. The van der Waals surface area contributed by atoms with Gasteiger partial charge in [-0.3, -0.25) is 4.79 Å². The third-order valence-electron chi connectivity index (χ3n) is 3.53. The fourth-order valence-corrected chi connectivity index (χ4v) is 4.20. The molecule has 26 heavy (non-hydrogen) atoms. The zero-order chi connectivity index (χ0) is 18.9. The van der Waals surface area contributed by atoms with Gasteiger partial charge in [-0.2, -0.15) is 13.2 Å². The number of rotatable bonds is 4. The van der Waals surface area contributed by atoms with E-state index >= 15 is 0 Å². The minimum absolute atomic E-state index is 0.201. The molecule has 3 rings (SSSR count). The average molecular weight is 417 g/mol. The molecular weight excluding hydrogens is 405 g/mol. The highest BCUT2D eigenvalue weighted by atomic mass is 35.5. The minimum Gasteiger partial charge on any atom is -0.335 e. The van der Waals surface area contributed by atoms with E-state index in [-0.39, 0.29) is 11.6 Å². The predicted molar refractivity (Wildman–Crippen MR) is 97.7 cm³/mol. The Morgan fingerprint density at radius 3 is 2.69 bits per heavy atom. The Balaban J connectivity index is 1.78. The van der Waals surface area contributed by atoms with Crippen LogP contribution in [0.25, 0.3) is 10.6 Å². The molecule has 0 fully saturated rings. The van der Waals surface area contributed by atoms with Crippen molar-refractivity contribution in [2.45, 2.75) is 12.7 Å². The second-order valence-electron chi connectivity index (χ2n) is 5.48. The van der Waals surface area contributed by atoms with E-state index in [0.717, 1.165) is 28.3 Å². The molecule has 0 unspecified atom stereocenters. The SMILES string of the molecule is CN(Cc1ccc(Cl)s1)C(=O)c1csc(-c2cccc(C(F)(F)F)c2)n1. The van der Waals surface area contributed by atoms with Gasteiger partial charge in [-0.05, 0) is 24.3 Å². The second kappa shape index (κ2) is 7.38. The molecule has 0 bridgehead atoms. The lowest BCUT2D eigenvalue weighted by molar-refractivity contribution is -0.137. The van der Waals surface area contributed by atoms with Crippen LogP contribution in [0.1, 0.15) is 20.9 Å². The van der Waals surface area contributed by atoms with Crippen LogP contribution in [-0.4, -0.2) is 22.8 Å². The molecule has 0 atom stereocenters. The first kappa shape index (κ1) is 18.9. The number of aromatic nitrogens is 1. The number of carbonyl (C=O) groups excluding carboxylic acids is 1. The third kappa shape index (κ3) is 4.25. The number of benzene rings is 1. The van der Waals surface area contributed by atoms with Crippen molar-refractivity contribution in [1.29, 1.82) is 0 Å². The van der Waals surface area contributed by atoms with Crippen molar-refractivity contribution in [3.63, 3.8) is 0 Å². The van der Waals surface area contributed by atoms with E-state index in [4.69, 9.17) is 11.6 Å². The standard InChI is InChI=1S/C17H12ClF3N2OS2/c1-23(8-12-5-6-14(18)26-12)16(24)13-9-25-15(22-13)10-3-2-4-11(7-10)17(19,20)21/h2-7,9H,8H2,1H3. The second-order valence-corrected chi connectivity index (χ2v) is 8.14. The topological polar surface area (TPSA) is 33.2 Å². The molecule has 0 N–H and O–H groups in total. The molecule has 9 heteroatoms. The molecule has 0 aliphatic carbocycles. The van der Waals surface area contributed by atoms with Crippen molar-refractivity contribution >= 4 is 40.2 Å². The van der Waals surface area contributed by atoms with Gasteiger partial charge in [-0.15, -0.1) is 22.7 Å². The summed E-state index contributed by atoms with van der Waals surface area (Å²) in [5, 5.41) is 1.92. The molecule has 0 aliphatic heterocycles. The first-order chi connectivity index (χ1) is 12.2. The number of halogens is 4. The quantitative estimate of drug-likeness (QED) is 0.537. The van der Waals surface area contributed by atoms with E-state index in [0.29, 0.717) is 21.5 Å². The lowest BCUT2D eigenvalue weighted by Gasteiger charge is -2.14. The summed E-state index contributed by atoms with van der Waals surface area (Å²) in [4.78, 5) is 19.1. The average Bonchev–Trinajstić information content (AvgIpc) is 3.23. The van der Waals surface area contributed by atoms with Gasteiger partial charge in [0.25, 0.3) is 5.91 Å². The number of nitrogens with zero attached hydrogens (tertiary/aromatic N) is 2. The lowest BCUT2D eigenvalue weighted by atomic mass is 10.1. The van der Waals surface area contributed by atoms with Gasteiger partial charge in [0.05, 0.1) is 16.4 Å². The highest BCUT2D eigenvalue weighted by Gasteiger charge is 2.30. The minimum atomic E-state index is -4.42. The van der Waals surface area contributed by atoms with Gasteiger partial charge in [0.1, 0.15) is 10.7 Å². The van der Waals surface area contributed by atoms with Gasteiger partial charge in [0, 0.05) is 22.9 Å². The molecule has 136 valence electrons. The Labute approximate surface area is 160 Å². The van der Waals surface area contributed by atoms with Crippen LogP contribution in [0.2, 0.25) is 4.34 Å². The Morgan fingerprint density at radius 1 is 1.27 bits per heavy atom. The molecule has 0 aliphatic rings. The van der Waals surface area contributed by atoms with Crippen LogP contribution < -0.4 is 0 Å². The fraction of sp³-hybridized carbons (Fsp3) is 0.176. The van der Waals surface area contributed by atoms with Gasteiger partial charge in [-0.1, -0.05) is 23.7 Å². The monoisotopic (exact) mass is 416 g/mol. The summed E-state index contributed by atoms with van der Waals surface area (Å²) >= 11 is 8.40. The predicted octanol–water partition coefficient (Wildman–Crippen LogP) is 5.82.